The van der Waals surface area contributed by atoms with Gasteiger partial charge in [0.05, 0.1) is 20.8 Å². The van der Waals surface area contributed by atoms with Crippen molar-refractivity contribution in [1.29, 1.82) is 0 Å². The third kappa shape index (κ3) is 3.40. The molecule has 2 N–H and O–H groups in total. The highest BCUT2D eigenvalue weighted by Crippen LogP contribution is 2.33. The summed E-state index contributed by atoms with van der Waals surface area (Å²) in [4.78, 5) is 0. The molecule has 0 spiro atoms. The fraction of sp³-hybridized carbons (Fsp3) is 0.333. The molecule has 0 saturated carbocycles. The zero-order valence-electron chi connectivity index (χ0n) is 13.3. The fourth-order valence-electron chi connectivity index (χ4n) is 2.94. The first-order chi connectivity index (χ1) is 11.2. The van der Waals surface area contributed by atoms with Crippen LogP contribution >= 0.6 is 0 Å². The van der Waals surface area contributed by atoms with Crippen LogP contribution in [0.25, 0.3) is 0 Å². The SMILES string of the molecule is COc1cc2c(cc1OC)[C@@H](COc1ccc(F)cc1)[NH2+]CC2. The zero-order chi connectivity index (χ0) is 16.2. The van der Waals surface area contributed by atoms with Crippen molar-refractivity contribution < 1.29 is 23.9 Å². The van der Waals surface area contributed by atoms with E-state index in [1.54, 1.807) is 26.4 Å². The molecule has 0 radical (unpaired) electrons. The minimum Gasteiger partial charge on any atom is -0.493 e. The van der Waals surface area contributed by atoms with Gasteiger partial charge in [-0.2, -0.15) is 0 Å². The second kappa shape index (κ2) is 6.87. The number of quaternary nitrogens is 1. The molecule has 122 valence electrons. The fourth-order valence-corrected chi connectivity index (χ4v) is 2.94. The van der Waals surface area contributed by atoms with Crippen LogP contribution in [0.3, 0.4) is 0 Å². The molecule has 1 atom stereocenters. The molecule has 23 heavy (non-hydrogen) atoms. The van der Waals surface area contributed by atoms with E-state index in [0.717, 1.165) is 24.5 Å². The molecular formula is C18H21FNO3+. The summed E-state index contributed by atoms with van der Waals surface area (Å²) in [5.41, 5.74) is 2.47. The Morgan fingerprint density at radius 2 is 1.78 bits per heavy atom. The van der Waals surface area contributed by atoms with Gasteiger partial charge in [-0.05, 0) is 42.0 Å². The minimum atomic E-state index is -0.260. The maximum atomic E-state index is 12.9. The lowest BCUT2D eigenvalue weighted by Gasteiger charge is -2.25. The van der Waals surface area contributed by atoms with E-state index >= 15 is 0 Å². The van der Waals surface area contributed by atoms with E-state index in [1.807, 2.05) is 12.1 Å². The van der Waals surface area contributed by atoms with Gasteiger partial charge < -0.3 is 19.5 Å². The zero-order valence-corrected chi connectivity index (χ0v) is 13.3. The van der Waals surface area contributed by atoms with E-state index in [1.165, 1.54) is 23.3 Å². The number of hydrogen-bond donors (Lipinski definition) is 1. The van der Waals surface area contributed by atoms with Gasteiger partial charge in [-0.3, -0.25) is 0 Å². The number of rotatable bonds is 5. The molecule has 0 aliphatic carbocycles. The average molecular weight is 318 g/mol. The van der Waals surface area contributed by atoms with Gasteiger partial charge in [0.25, 0.3) is 0 Å². The van der Waals surface area contributed by atoms with Crippen LogP contribution in [-0.4, -0.2) is 27.4 Å². The van der Waals surface area contributed by atoms with Crippen molar-refractivity contribution in [1.82, 2.24) is 0 Å². The first-order valence-electron chi connectivity index (χ1n) is 7.67. The summed E-state index contributed by atoms with van der Waals surface area (Å²) in [6.07, 6.45) is 0.989. The molecule has 0 aromatic heterocycles. The Hall–Kier alpha value is -2.27. The molecule has 0 amide bonds. The van der Waals surface area contributed by atoms with E-state index in [2.05, 4.69) is 5.32 Å². The topological polar surface area (TPSA) is 44.3 Å². The van der Waals surface area contributed by atoms with E-state index < -0.39 is 0 Å². The summed E-state index contributed by atoms with van der Waals surface area (Å²) in [7, 11) is 3.29. The number of halogens is 1. The molecule has 2 aromatic rings. The summed E-state index contributed by atoms with van der Waals surface area (Å²) >= 11 is 0. The third-order valence-electron chi connectivity index (χ3n) is 4.15. The lowest BCUT2D eigenvalue weighted by atomic mass is 9.94. The highest BCUT2D eigenvalue weighted by molar-refractivity contribution is 5.48. The molecule has 5 heteroatoms. The largest absolute Gasteiger partial charge is 0.493 e. The quantitative estimate of drug-likeness (QED) is 0.918. The molecular weight excluding hydrogens is 297 g/mol. The van der Waals surface area contributed by atoms with Gasteiger partial charge in [0.2, 0.25) is 0 Å². The van der Waals surface area contributed by atoms with Gasteiger partial charge in [0.1, 0.15) is 24.2 Å². The number of methoxy groups -OCH3 is 2. The van der Waals surface area contributed by atoms with E-state index in [4.69, 9.17) is 14.2 Å². The Labute approximate surface area is 135 Å². The van der Waals surface area contributed by atoms with Crippen LogP contribution in [0.1, 0.15) is 17.2 Å². The predicted molar refractivity (Wildman–Crippen MR) is 84.7 cm³/mol. The molecule has 0 bridgehead atoms. The van der Waals surface area contributed by atoms with Crippen molar-refractivity contribution in [3.05, 3.63) is 53.3 Å². The van der Waals surface area contributed by atoms with Gasteiger partial charge in [0.15, 0.2) is 11.5 Å². The molecule has 1 heterocycles. The van der Waals surface area contributed by atoms with Gasteiger partial charge in [-0.1, -0.05) is 0 Å². The third-order valence-corrected chi connectivity index (χ3v) is 4.15. The number of fused-ring (bicyclic) bond motifs is 1. The number of nitrogens with two attached hydrogens (primary N) is 1. The maximum Gasteiger partial charge on any atom is 0.161 e. The van der Waals surface area contributed by atoms with Crippen LogP contribution in [0.15, 0.2) is 36.4 Å². The van der Waals surface area contributed by atoms with Crippen LogP contribution in [0.2, 0.25) is 0 Å². The van der Waals surface area contributed by atoms with E-state index in [9.17, 15) is 4.39 Å². The smallest absolute Gasteiger partial charge is 0.161 e. The lowest BCUT2D eigenvalue weighted by molar-refractivity contribution is -0.700. The van der Waals surface area contributed by atoms with Gasteiger partial charge in [0, 0.05) is 12.0 Å². The van der Waals surface area contributed by atoms with Crippen molar-refractivity contribution in [3.8, 4) is 17.2 Å². The van der Waals surface area contributed by atoms with Gasteiger partial charge in [-0.25, -0.2) is 4.39 Å². The second-order valence-electron chi connectivity index (χ2n) is 5.55. The summed E-state index contributed by atoms with van der Waals surface area (Å²) in [5, 5.41) is 2.26. The number of ether oxygens (including phenoxy) is 3. The Morgan fingerprint density at radius 1 is 1.09 bits per heavy atom. The molecule has 4 nitrogen and oxygen atoms in total. The summed E-state index contributed by atoms with van der Waals surface area (Å²) < 4.78 is 29.5. The predicted octanol–water partition coefficient (Wildman–Crippen LogP) is 2.08. The molecule has 0 unspecified atom stereocenters. The molecule has 3 rings (SSSR count). The van der Waals surface area contributed by atoms with Crippen molar-refractivity contribution in [2.45, 2.75) is 12.5 Å². The lowest BCUT2D eigenvalue weighted by Crippen LogP contribution is -2.88. The molecule has 2 aromatic carbocycles. The molecule has 1 aliphatic rings. The highest BCUT2D eigenvalue weighted by atomic mass is 19.1. The van der Waals surface area contributed by atoms with Crippen molar-refractivity contribution in [2.24, 2.45) is 0 Å². The maximum absolute atomic E-state index is 12.9. The van der Waals surface area contributed by atoms with E-state index in [0.29, 0.717) is 12.4 Å². The highest BCUT2D eigenvalue weighted by Gasteiger charge is 2.26. The van der Waals surface area contributed by atoms with Crippen LogP contribution in [0, 0.1) is 5.82 Å². The van der Waals surface area contributed by atoms with Crippen molar-refractivity contribution in [2.75, 3.05) is 27.4 Å². The summed E-state index contributed by atoms with van der Waals surface area (Å²) in [5.74, 6) is 1.90. The Morgan fingerprint density at radius 3 is 2.48 bits per heavy atom. The normalized spacial score (nSPS) is 16.6. The van der Waals surface area contributed by atoms with Crippen LogP contribution < -0.4 is 19.5 Å². The second-order valence-corrected chi connectivity index (χ2v) is 5.55. The van der Waals surface area contributed by atoms with Crippen LogP contribution in [0.4, 0.5) is 4.39 Å². The number of benzene rings is 2. The van der Waals surface area contributed by atoms with Crippen molar-refractivity contribution >= 4 is 0 Å². The Kier molecular flexibility index (Phi) is 4.67. The number of hydrogen-bond acceptors (Lipinski definition) is 3. The first-order valence-corrected chi connectivity index (χ1v) is 7.67. The van der Waals surface area contributed by atoms with Crippen LogP contribution in [-0.2, 0) is 6.42 Å². The summed E-state index contributed by atoms with van der Waals surface area (Å²) in [6, 6.07) is 10.4. The standard InChI is InChI=1S/C18H20FNO3/c1-21-17-9-12-7-8-20-16(15(12)10-18(17)22-2)11-23-14-5-3-13(19)4-6-14/h3-6,9-10,16,20H,7-8,11H2,1-2H3/p+1/t16-/m1/s1. The van der Waals surface area contributed by atoms with E-state index in [-0.39, 0.29) is 11.9 Å². The molecule has 0 fully saturated rings. The minimum absolute atomic E-state index is 0.184. The molecule has 1 aliphatic heterocycles. The Balaban J connectivity index is 1.79. The van der Waals surface area contributed by atoms with Crippen LogP contribution in [0.5, 0.6) is 17.2 Å². The van der Waals surface area contributed by atoms with Gasteiger partial charge >= 0.3 is 0 Å². The average Bonchev–Trinajstić information content (AvgIpc) is 2.60. The van der Waals surface area contributed by atoms with Gasteiger partial charge in [-0.15, -0.1) is 0 Å². The molecule has 0 saturated heterocycles. The Bertz CT molecular complexity index is 673. The van der Waals surface area contributed by atoms with Crippen molar-refractivity contribution in [3.63, 3.8) is 0 Å². The first kappa shape index (κ1) is 15.6. The monoisotopic (exact) mass is 318 g/mol. The summed E-state index contributed by atoms with van der Waals surface area (Å²) in [6.45, 7) is 1.52.